The van der Waals surface area contributed by atoms with Crippen LogP contribution in [-0.4, -0.2) is 39.1 Å². The maximum absolute atomic E-state index is 12.3. The zero-order valence-corrected chi connectivity index (χ0v) is 12.5. The molecule has 0 fully saturated rings. The van der Waals surface area contributed by atoms with Gasteiger partial charge in [0, 0.05) is 20.3 Å². The average Bonchev–Trinajstić information content (AvgIpc) is 2.94. The van der Waals surface area contributed by atoms with E-state index >= 15 is 0 Å². The zero-order chi connectivity index (χ0) is 15.8. The van der Waals surface area contributed by atoms with Gasteiger partial charge in [-0.3, -0.25) is 14.2 Å². The number of hydrogen-bond donors (Lipinski definition) is 2. The summed E-state index contributed by atoms with van der Waals surface area (Å²) >= 11 is 0. The second-order valence-corrected chi connectivity index (χ2v) is 6.17. The van der Waals surface area contributed by atoms with Crippen molar-refractivity contribution in [2.75, 3.05) is 0 Å². The van der Waals surface area contributed by atoms with Gasteiger partial charge in [-0.05, 0) is 13.0 Å². The standard InChI is InChI=1S/C11H15N5O4S/c1-7-9(6-13-15(7)2)21(19,20)14-10(11(17)18)8-4-5-12-16(8)3/h4-6,10,14H,1-3H3,(H,17,18). The Balaban J connectivity index is 2.40. The summed E-state index contributed by atoms with van der Waals surface area (Å²) in [6, 6.07) is 0.0133. The van der Waals surface area contributed by atoms with Gasteiger partial charge < -0.3 is 5.11 Å². The van der Waals surface area contributed by atoms with Gasteiger partial charge in [-0.2, -0.15) is 14.9 Å². The first-order chi connectivity index (χ1) is 9.74. The molecule has 0 radical (unpaired) electrons. The van der Waals surface area contributed by atoms with E-state index < -0.39 is 22.0 Å². The third-order valence-corrected chi connectivity index (χ3v) is 4.68. The molecule has 114 valence electrons. The van der Waals surface area contributed by atoms with Crippen molar-refractivity contribution in [3.63, 3.8) is 0 Å². The summed E-state index contributed by atoms with van der Waals surface area (Å²) in [5, 5.41) is 17.0. The number of nitrogens with one attached hydrogen (secondary N) is 1. The fourth-order valence-corrected chi connectivity index (χ4v) is 3.23. The number of carbonyl (C=O) groups is 1. The van der Waals surface area contributed by atoms with Crippen LogP contribution in [0.5, 0.6) is 0 Å². The maximum Gasteiger partial charge on any atom is 0.327 e. The van der Waals surface area contributed by atoms with Gasteiger partial charge in [0.05, 0.1) is 17.6 Å². The predicted molar refractivity (Wildman–Crippen MR) is 71.9 cm³/mol. The molecule has 0 aromatic carbocycles. The number of rotatable bonds is 5. The van der Waals surface area contributed by atoms with Crippen LogP contribution >= 0.6 is 0 Å². The van der Waals surface area contributed by atoms with Crippen molar-refractivity contribution in [3.05, 3.63) is 29.8 Å². The Morgan fingerprint density at radius 2 is 2.00 bits per heavy atom. The molecule has 0 amide bonds. The maximum atomic E-state index is 12.3. The highest BCUT2D eigenvalue weighted by Gasteiger charge is 2.30. The Morgan fingerprint density at radius 1 is 1.33 bits per heavy atom. The highest BCUT2D eigenvalue weighted by atomic mass is 32.2. The van der Waals surface area contributed by atoms with Crippen molar-refractivity contribution in [1.82, 2.24) is 24.3 Å². The minimum atomic E-state index is -4.01. The minimum Gasteiger partial charge on any atom is -0.480 e. The largest absolute Gasteiger partial charge is 0.480 e. The fraction of sp³-hybridized carbons (Fsp3) is 0.364. The predicted octanol–water partition coefficient (Wildman–Crippen LogP) is -0.434. The number of hydrogen-bond acceptors (Lipinski definition) is 5. The van der Waals surface area contributed by atoms with E-state index in [1.54, 1.807) is 14.0 Å². The lowest BCUT2D eigenvalue weighted by Gasteiger charge is -2.14. The topological polar surface area (TPSA) is 119 Å². The van der Waals surface area contributed by atoms with Gasteiger partial charge in [0.1, 0.15) is 4.90 Å². The number of aliphatic carboxylic acids is 1. The smallest absolute Gasteiger partial charge is 0.327 e. The molecule has 2 N–H and O–H groups in total. The Kier molecular flexibility index (Phi) is 3.83. The van der Waals surface area contributed by atoms with E-state index in [1.807, 2.05) is 0 Å². The molecule has 2 aromatic heterocycles. The fourth-order valence-electron chi connectivity index (χ4n) is 1.87. The molecule has 2 aromatic rings. The van der Waals surface area contributed by atoms with E-state index in [0.717, 1.165) is 0 Å². The number of carboxylic acid groups (broad SMARTS) is 1. The molecule has 9 nitrogen and oxygen atoms in total. The molecule has 2 rings (SSSR count). The van der Waals surface area contributed by atoms with E-state index in [-0.39, 0.29) is 10.6 Å². The number of nitrogens with zero attached hydrogens (tertiary/aromatic N) is 4. The van der Waals surface area contributed by atoms with Crippen molar-refractivity contribution in [2.24, 2.45) is 14.1 Å². The van der Waals surface area contributed by atoms with Crippen LogP contribution in [0.25, 0.3) is 0 Å². The quantitative estimate of drug-likeness (QED) is 0.773. The summed E-state index contributed by atoms with van der Waals surface area (Å²) in [5.41, 5.74) is 0.643. The zero-order valence-electron chi connectivity index (χ0n) is 11.7. The van der Waals surface area contributed by atoms with Gasteiger partial charge in [-0.1, -0.05) is 0 Å². The van der Waals surface area contributed by atoms with Gasteiger partial charge in [-0.25, -0.2) is 8.42 Å². The third kappa shape index (κ3) is 2.81. The van der Waals surface area contributed by atoms with Crippen molar-refractivity contribution in [1.29, 1.82) is 0 Å². The Labute approximate surface area is 121 Å². The Hall–Kier alpha value is -2.20. The highest BCUT2D eigenvalue weighted by molar-refractivity contribution is 7.89. The first kappa shape index (κ1) is 15.2. The average molecular weight is 313 g/mol. The van der Waals surface area contributed by atoms with E-state index in [2.05, 4.69) is 14.9 Å². The summed E-state index contributed by atoms with van der Waals surface area (Å²) in [5.74, 6) is -1.32. The summed E-state index contributed by atoms with van der Waals surface area (Å²) in [6.07, 6.45) is 2.58. The van der Waals surface area contributed by atoms with Crippen LogP contribution in [0.4, 0.5) is 0 Å². The lowest BCUT2D eigenvalue weighted by atomic mass is 10.2. The number of sulfonamides is 1. The van der Waals surface area contributed by atoms with E-state index in [0.29, 0.717) is 5.69 Å². The second kappa shape index (κ2) is 5.30. The minimum absolute atomic E-state index is 0.0570. The van der Waals surface area contributed by atoms with Gasteiger partial charge >= 0.3 is 5.97 Å². The molecule has 21 heavy (non-hydrogen) atoms. The monoisotopic (exact) mass is 313 g/mol. The van der Waals surface area contributed by atoms with Crippen LogP contribution in [0, 0.1) is 6.92 Å². The van der Waals surface area contributed by atoms with Gasteiger partial charge in [0.2, 0.25) is 10.0 Å². The van der Waals surface area contributed by atoms with Crippen LogP contribution in [-0.2, 0) is 28.9 Å². The molecule has 2 heterocycles. The second-order valence-electron chi connectivity index (χ2n) is 4.49. The third-order valence-electron chi connectivity index (χ3n) is 3.15. The van der Waals surface area contributed by atoms with Crippen LogP contribution in [0.2, 0.25) is 0 Å². The molecule has 1 atom stereocenters. The summed E-state index contributed by atoms with van der Waals surface area (Å²) in [7, 11) is -0.874. The molecule has 1 unspecified atom stereocenters. The van der Waals surface area contributed by atoms with Gasteiger partial charge in [-0.15, -0.1) is 0 Å². The normalized spacial score (nSPS) is 13.3. The Bertz CT molecular complexity index is 776. The molecule has 0 saturated carbocycles. The highest BCUT2D eigenvalue weighted by Crippen LogP contribution is 2.19. The molecule has 0 aliphatic carbocycles. The lowest BCUT2D eigenvalue weighted by molar-refractivity contribution is -0.139. The first-order valence-electron chi connectivity index (χ1n) is 5.95. The SMILES string of the molecule is Cc1c(S(=O)(=O)NC(C(=O)O)c2ccnn2C)cnn1C. The molecule has 10 heteroatoms. The number of aromatic nitrogens is 4. The van der Waals surface area contributed by atoms with Crippen molar-refractivity contribution in [2.45, 2.75) is 17.9 Å². The molecular weight excluding hydrogens is 298 g/mol. The van der Waals surface area contributed by atoms with Gasteiger partial charge in [0.15, 0.2) is 6.04 Å². The van der Waals surface area contributed by atoms with Crippen LogP contribution in [0.1, 0.15) is 17.4 Å². The van der Waals surface area contributed by atoms with Crippen molar-refractivity contribution < 1.29 is 18.3 Å². The summed E-state index contributed by atoms with van der Waals surface area (Å²) in [4.78, 5) is 11.3. The van der Waals surface area contributed by atoms with E-state index in [1.165, 1.54) is 34.9 Å². The Morgan fingerprint density at radius 3 is 2.43 bits per heavy atom. The summed E-state index contributed by atoms with van der Waals surface area (Å²) < 4.78 is 29.5. The van der Waals surface area contributed by atoms with Crippen LogP contribution in [0.3, 0.4) is 0 Å². The molecule has 0 saturated heterocycles. The van der Waals surface area contributed by atoms with E-state index in [9.17, 15) is 18.3 Å². The van der Waals surface area contributed by atoms with Gasteiger partial charge in [0.25, 0.3) is 0 Å². The molecule has 0 bridgehead atoms. The van der Waals surface area contributed by atoms with Crippen LogP contribution < -0.4 is 4.72 Å². The van der Waals surface area contributed by atoms with Crippen molar-refractivity contribution in [3.8, 4) is 0 Å². The van der Waals surface area contributed by atoms with E-state index in [4.69, 9.17) is 0 Å². The molecule has 0 spiro atoms. The number of carboxylic acids is 1. The molecular formula is C11H15N5O4S. The number of aryl methyl sites for hydroxylation is 2. The molecule has 0 aliphatic heterocycles. The summed E-state index contributed by atoms with van der Waals surface area (Å²) in [6.45, 7) is 1.58. The van der Waals surface area contributed by atoms with Crippen molar-refractivity contribution >= 4 is 16.0 Å². The lowest BCUT2D eigenvalue weighted by Crippen LogP contribution is -2.35. The van der Waals surface area contributed by atoms with Crippen LogP contribution in [0.15, 0.2) is 23.4 Å². The molecule has 0 aliphatic rings. The first-order valence-corrected chi connectivity index (χ1v) is 7.44.